The van der Waals surface area contributed by atoms with Crippen LogP contribution < -0.4 is 0 Å². The minimum Gasteiger partial charge on any atom is -0.481 e. The van der Waals surface area contributed by atoms with Crippen molar-refractivity contribution in [2.45, 2.75) is 32.6 Å². The highest BCUT2D eigenvalue weighted by atomic mass is 16.7. The molecule has 2 unspecified atom stereocenters. The topological polar surface area (TPSA) is 89.9 Å². The first kappa shape index (κ1) is 15.2. The summed E-state index contributed by atoms with van der Waals surface area (Å²) in [5, 5.41) is 9.04. The SMILES string of the molecule is C=C(C)C(=O)OCOC(=O)C1CCCCC1C(=O)O. The number of carbonyl (C=O) groups excluding carboxylic acids is 2. The van der Waals surface area contributed by atoms with Gasteiger partial charge in [0.1, 0.15) is 0 Å². The molecule has 106 valence electrons. The Morgan fingerprint density at radius 3 is 2.26 bits per heavy atom. The molecule has 0 aliphatic heterocycles. The maximum Gasteiger partial charge on any atom is 0.335 e. The summed E-state index contributed by atoms with van der Waals surface area (Å²) in [4.78, 5) is 33.9. The predicted octanol–water partition coefficient (Wildman–Crippen LogP) is 1.50. The largest absolute Gasteiger partial charge is 0.481 e. The van der Waals surface area contributed by atoms with Gasteiger partial charge in [-0.25, -0.2) is 4.79 Å². The van der Waals surface area contributed by atoms with Crippen molar-refractivity contribution in [1.29, 1.82) is 0 Å². The lowest BCUT2D eigenvalue weighted by Gasteiger charge is -2.26. The van der Waals surface area contributed by atoms with E-state index in [1.165, 1.54) is 6.92 Å². The van der Waals surface area contributed by atoms with Crippen LogP contribution in [-0.2, 0) is 23.9 Å². The van der Waals surface area contributed by atoms with Crippen LogP contribution in [0.1, 0.15) is 32.6 Å². The first-order valence-electron chi connectivity index (χ1n) is 6.15. The van der Waals surface area contributed by atoms with E-state index >= 15 is 0 Å². The van der Waals surface area contributed by atoms with Crippen LogP contribution in [0, 0.1) is 11.8 Å². The summed E-state index contributed by atoms with van der Waals surface area (Å²) in [6.45, 7) is 4.36. The van der Waals surface area contributed by atoms with Gasteiger partial charge in [-0.3, -0.25) is 9.59 Å². The smallest absolute Gasteiger partial charge is 0.335 e. The highest BCUT2D eigenvalue weighted by Gasteiger charge is 2.36. The van der Waals surface area contributed by atoms with Crippen molar-refractivity contribution in [3.63, 3.8) is 0 Å². The molecule has 0 aromatic heterocycles. The fourth-order valence-corrected chi connectivity index (χ4v) is 2.08. The number of carboxylic acid groups (broad SMARTS) is 1. The standard InChI is InChI=1S/C13H18O6/c1-8(2)12(16)18-7-19-13(17)10-6-4-3-5-9(10)11(14)15/h9-10H,1,3-7H2,2H3,(H,14,15). The van der Waals surface area contributed by atoms with Gasteiger partial charge in [-0.2, -0.15) is 0 Å². The van der Waals surface area contributed by atoms with Crippen molar-refractivity contribution in [2.24, 2.45) is 11.8 Å². The Morgan fingerprint density at radius 1 is 1.16 bits per heavy atom. The third-order valence-corrected chi connectivity index (χ3v) is 3.13. The predicted molar refractivity (Wildman–Crippen MR) is 64.9 cm³/mol. The molecule has 0 aromatic carbocycles. The van der Waals surface area contributed by atoms with Crippen LogP contribution in [0.3, 0.4) is 0 Å². The molecule has 1 saturated carbocycles. The third-order valence-electron chi connectivity index (χ3n) is 3.13. The second kappa shape index (κ2) is 6.92. The minimum atomic E-state index is -0.986. The van der Waals surface area contributed by atoms with Crippen molar-refractivity contribution in [3.8, 4) is 0 Å². The van der Waals surface area contributed by atoms with Crippen LogP contribution in [0.5, 0.6) is 0 Å². The second-order valence-corrected chi connectivity index (χ2v) is 4.63. The highest BCUT2D eigenvalue weighted by molar-refractivity contribution is 5.87. The van der Waals surface area contributed by atoms with E-state index < -0.39 is 36.5 Å². The summed E-state index contributed by atoms with van der Waals surface area (Å²) in [5.74, 6) is -3.62. The van der Waals surface area contributed by atoms with E-state index in [1.54, 1.807) is 0 Å². The molecule has 6 heteroatoms. The van der Waals surface area contributed by atoms with Crippen LogP contribution in [0.2, 0.25) is 0 Å². The number of ether oxygens (including phenoxy) is 2. The minimum absolute atomic E-state index is 0.206. The van der Waals surface area contributed by atoms with E-state index in [0.717, 1.165) is 12.8 Å². The van der Waals surface area contributed by atoms with Crippen LogP contribution in [0.15, 0.2) is 12.2 Å². The molecule has 1 aliphatic rings. The van der Waals surface area contributed by atoms with Gasteiger partial charge in [-0.05, 0) is 19.8 Å². The third kappa shape index (κ3) is 4.39. The van der Waals surface area contributed by atoms with Gasteiger partial charge in [-0.15, -0.1) is 0 Å². The number of hydrogen-bond acceptors (Lipinski definition) is 5. The number of aliphatic carboxylic acids is 1. The summed E-state index contributed by atoms with van der Waals surface area (Å²) in [6.07, 6.45) is 2.56. The normalized spacial score (nSPS) is 22.4. The number of carboxylic acids is 1. The molecule has 0 amide bonds. The lowest BCUT2D eigenvalue weighted by molar-refractivity contribution is -0.173. The van der Waals surface area contributed by atoms with E-state index in [1.807, 2.05) is 0 Å². The molecular weight excluding hydrogens is 252 g/mol. The number of carbonyl (C=O) groups is 3. The molecule has 1 N–H and O–H groups in total. The molecule has 0 spiro atoms. The summed E-state index contributed by atoms with van der Waals surface area (Å²) in [6, 6.07) is 0. The molecule has 19 heavy (non-hydrogen) atoms. The second-order valence-electron chi connectivity index (χ2n) is 4.63. The van der Waals surface area contributed by atoms with E-state index in [2.05, 4.69) is 11.3 Å². The lowest BCUT2D eigenvalue weighted by Crippen LogP contribution is -2.34. The van der Waals surface area contributed by atoms with Gasteiger partial charge < -0.3 is 14.6 Å². The number of esters is 2. The highest BCUT2D eigenvalue weighted by Crippen LogP contribution is 2.31. The van der Waals surface area contributed by atoms with Crippen LogP contribution >= 0.6 is 0 Å². The van der Waals surface area contributed by atoms with E-state index in [0.29, 0.717) is 12.8 Å². The summed E-state index contributed by atoms with van der Waals surface area (Å²) in [5.41, 5.74) is 0.206. The van der Waals surface area contributed by atoms with Gasteiger partial charge >= 0.3 is 17.9 Å². The quantitative estimate of drug-likeness (QED) is 0.462. The van der Waals surface area contributed by atoms with Gasteiger partial charge in [0.05, 0.1) is 11.8 Å². The molecule has 6 nitrogen and oxygen atoms in total. The van der Waals surface area contributed by atoms with E-state index in [4.69, 9.17) is 9.84 Å². The Balaban J connectivity index is 2.45. The Hall–Kier alpha value is -1.85. The van der Waals surface area contributed by atoms with Crippen molar-refractivity contribution in [2.75, 3.05) is 6.79 Å². The zero-order valence-corrected chi connectivity index (χ0v) is 10.9. The summed E-state index contributed by atoms with van der Waals surface area (Å²) >= 11 is 0. The Morgan fingerprint density at radius 2 is 1.74 bits per heavy atom. The van der Waals surface area contributed by atoms with Crippen molar-refractivity contribution in [3.05, 3.63) is 12.2 Å². The molecule has 1 rings (SSSR count). The Bertz CT molecular complexity index is 387. The maximum atomic E-state index is 11.8. The van der Waals surface area contributed by atoms with E-state index in [9.17, 15) is 14.4 Å². The first-order valence-corrected chi connectivity index (χ1v) is 6.15. The fraction of sp³-hybridized carbons (Fsp3) is 0.615. The van der Waals surface area contributed by atoms with Gasteiger partial charge in [0.2, 0.25) is 6.79 Å². The fourth-order valence-electron chi connectivity index (χ4n) is 2.08. The maximum absolute atomic E-state index is 11.8. The van der Waals surface area contributed by atoms with Gasteiger partial charge in [0.15, 0.2) is 0 Å². The zero-order valence-electron chi connectivity index (χ0n) is 10.9. The van der Waals surface area contributed by atoms with Crippen molar-refractivity contribution >= 4 is 17.9 Å². The molecule has 1 aliphatic carbocycles. The molecule has 2 atom stereocenters. The molecule has 1 fully saturated rings. The molecule has 0 radical (unpaired) electrons. The lowest BCUT2D eigenvalue weighted by atomic mass is 9.79. The first-order chi connectivity index (χ1) is 8.93. The molecule has 0 aromatic rings. The number of rotatable bonds is 5. The van der Waals surface area contributed by atoms with Crippen molar-refractivity contribution < 1.29 is 29.0 Å². The molecular formula is C13H18O6. The summed E-state index contributed by atoms with van der Waals surface area (Å²) in [7, 11) is 0. The average Bonchev–Trinajstić information content (AvgIpc) is 2.38. The molecule has 0 bridgehead atoms. The van der Waals surface area contributed by atoms with Crippen LogP contribution in [-0.4, -0.2) is 29.8 Å². The molecule has 0 heterocycles. The average molecular weight is 270 g/mol. The zero-order chi connectivity index (χ0) is 14.4. The van der Waals surface area contributed by atoms with Gasteiger partial charge in [0, 0.05) is 5.57 Å². The van der Waals surface area contributed by atoms with Gasteiger partial charge in [-0.1, -0.05) is 19.4 Å². The molecule has 0 saturated heterocycles. The van der Waals surface area contributed by atoms with Crippen molar-refractivity contribution in [1.82, 2.24) is 0 Å². The monoisotopic (exact) mass is 270 g/mol. The number of hydrogen-bond donors (Lipinski definition) is 1. The van der Waals surface area contributed by atoms with E-state index in [-0.39, 0.29) is 5.57 Å². The Kier molecular flexibility index (Phi) is 5.54. The van der Waals surface area contributed by atoms with Crippen LogP contribution in [0.25, 0.3) is 0 Å². The van der Waals surface area contributed by atoms with Gasteiger partial charge in [0.25, 0.3) is 0 Å². The summed E-state index contributed by atoms with van der Waals surface area (Å²) < 4.78 is 9.43. The Labute approximate surface area is 111 Å². The van der Waals surface area contributed by atoms with Crippen LogP contribution in [0.4, 0.5) is 0 Å².